The Morgan fingerprint density at radius 1 is 0.877 bits per heavy atom. The summed E-state index contributed by atoms with van der Waals surface area (Å²) in [6.45, 7) is 11.8. The number of likely N-dealkylation sites (N-methyl/N-ethyl adjacent to an activating group) is 1. The third-order valence-electron chi connectivity index (χ3n) is 9.83. The van der Waals surface area contributed by atoms with Crippen molar-refractivity contribution >= 4 is 47.2 Å². The number of alkyl carbamates (subject to hydrolysis) is 1. The Morgan fingerprint density at radius 3 is 2.35 bits per heavy atom. The van der Waals surface area contributed by atoms with Gasteiger partial charge in [0, 0.05) is 66.8 Å². The van der Waals surface area contributed by atoms with Gasteiger partial charge in [0.25, 0.3) is 17.7 Å². The molecule has 1 atom stereocenters. The van der Waals surface area contributed by atoms with Crippen LogP contribution in [0.4, 0.5) is 19.7 Å². The van der Waals surface area contributed by atoms with Crippen molar-refractivity contribution in [3.05, 3.63) is 111 Å². The highest BCUT2D eigenvalue weighted by Crippen LogP contribution is 2.45. The van der Waals surface area contributed by atoms with E-state index in [1.54, 1.807) is 46.8 Å². The zero-order valence-corrected chi connectivity index (χ0v) is 32.9. The lowest BCUT2D eigenvalue weighted by Crippen LogP contribution is -2.39. The SMILES string of the molecule is CCN(CCNC(=O)c1c(C)[nH]c(/C=C2\C(=O)Nc3ccc(F)cc32)c1C)C(=O)OCC1c2ccccc2-c2ccc(C(=O)NCCNC(=O)OC(C)(C)C)cc21. The number of halogens is 1. The molecule has 5 N–H and O–H groups in total. The maximum absolute atomic E-state index is 14.0. The molecule has 0 saturated heterocycles. The van der Waals surface area contributed by atoms with Crippen molar-refractivity contribution in [3.8, 4) is 11.1 Å². The number of amides is 5. The Hall–Kier alpha value is -6.44. The average Bonchev–Trinajstić information content (AvgIpc) is 3.76. The van der Waals surface area contributed by atoms with Crippen LogP contribution >= 0.6 is 0 Å². The summed E-state index contributed by atoms with van der Waals surface area (Å²) >= 11 is 0. The van der Waals surface area contributed by atoms with E-state index < -0.39 is 23.6 Å². The Kier molecular flexibility index (Phi) is 11.8. The summed E-state index contributed by atoms with van der Waals surface area (Å²) in [5.74, 6) is -1.80. The van der Waals surface area contributed by atoms with Crippen LogP contribution in [0.25, 0.3) is 22.8 Å². The lowest BCUT2D eigenvalue weighted by atomic mass is 9.96. The van der Waals surface area contributed by atoms with Crippen LogP contribution in [-0.2, 0) is 14.3 Å². The molecule has 0 bridgehead atoms. The Bertz CT molecular complexity index is 2270. The van der Waals surface area contributed by atoms with Gasteiger partial charge in [-0.2, -0.15) is 0 Å². The van der Waals surface area contributed by atoms with Gasteiger partial charge in [-0.25, -0.2) is 14.0 Å². The summed E-state index contributed by atoms with van der Waals surface area (Å²) in [6, 6.07) is 17.4. The highest BCUT2D eigenvalue weighted by atomic mass is 19.1. The molecule has 14 heteroatoms. The van der Waals surface area contributed by atoms with Gasteiger partial charge in [0.1, 0.15) is 18.0 Å². The zero-order chi connectivity index (χ0) is 41.0. The number of hydrogen-bond acceptors (Lipinski definition) is 7. The normalized spacial score (nSPS) is 14.6. The molecule has 4 aromatic rings. The summed E-state index contributed by atoms with van der Waals surface area (Å²) in [5.41, 5.74) is 7.01. The number of nitrogens with zero attached hydrogens (tertiary/aromatic N) is 1. The first-order valence-corrected chi connectivity index (χ1v) is 18.9. The number of aromatic nitrogens is 1. The number of benzene rings is 3. The largest absolute Gasteiger partial charge is 0.448 e. The molecule has 0 fully saturated rings. The molecular weight excluding hydrogens is 732 g/mol. The molecular formula is C43H47FN6O7. The predicted molar refractivity (Wildman–Crippen MR) is 214 cm³/mol. The summed E-state index contributed by atoms with van der Waals surface area (Å²) < 4.78 is 25.1. The number of fused-ring (bicyclic) bond motifs is 4. The molecule has 3 aromatic carbocycles. The number of aryl methyl sites for hydroxylation is 1. The molecule has 298 valence electrons. The Morgan fingerprint density at radius 2 is 1.60 bits per heavy atom. The van der Waals surface area contributed by atoms with Gasteiger partial charge in [-0.15, -0.1) is 0 Å². The van der Waals surface area contributed by atoms with Crippen molar-refractivity contribution in [3.63, 3.8) is 0 Å². The number of carbonyl (C=O) groups excluding carboxylic acids is 5. The Balaban J connectivity index is 1.05. The van der Waals surface area contributed by atoms with E-state index in [1.807, 2.05) is 43.3 Å². The lowest BCUT2D eigenvalue weighted by Gasteiger charge is -2.22. The summed E-state index contributed by atoms with van der Waals surface area (Å²) in [5, 5.41) is 11.1. The van der Waals surface area contributed by atoms with Gasteiger partial charge in [-0.1, -0.05) is 30.3 Å². The van der Waals surface area contributed by atoms with Crippen LogP contribution < -0.4 is 21.3 Å². The van der Waals surface area contributed by atoms with Crippen molar-refractivity contribution < 1.29 is 37.8 Å². The van der Waals surface area contributed by atoms with Crippen LogP contribution in [0.5, 0.6) is 0 Å². The molecule has 5 amide bonds. The molecule has 57 heavy (non-hydrogen) atoms. The first-order valence-electron chi connectivity index (χ1n) is 18.9. The van der Waals surface area contributed by atoms with Crippen LogP contribution in [0, 0.1) is 19.7 Å². The van der Waals surface area contributed by atoms with E-state index >= 15 is 0 Å². The molecule has 13 nitrogen and oxygen atoms in total. The van der Waals surface area contributed by atoms with E-state index in [2.05, 4.69) is 26.3 Å². The highest BCUT2D eigenvalue weighted by molar-refractivity contribution is 6.35. The van der Waals surface area contributed by atoms with Gasteiger partial charge in [0.15, 0.2) is 0 Å². The highest BCUT2D eigenvalue weighted by Gasteiger charge is 2.31. The fraction of sp³-hybridized carbons (Fsp3) is 0.326. The minimum absolute atomic E-state index is 0.0335. The van der Waals surface area contributed by atoms with Crippen molar-refractivity contribution in [2.45, 2.75) is 53.1 Å². The van der Waals surface area contributed by atoms with Gasteiger partial charge in [-0.3, -0.25) is 14.4 Å². The van der Waals surface area contributed by atoms with E-state index in [9.17, 15) is 28.4 Å². The molecule has 6 rings (SSSR count). The quantitative estimate of drug-likeness (QED) is 0.0806. The maximum atomic E-state index is 14.0. The lowest BCUT2D eigenvalue weighted by molar-refractivity contribution is -0.110. The van der Waals surface area contributed by atoms with Crippen LogP contribution in [0.1, 0.15) is 88.0 Å². The van der Waals surface area contributed by atoms with Gasteiger partial charge in [-0.05, 0) is 106 Å². The van der Waals surface area contributed by atoms with E-state index in [4.69, 9.17) is 9.47 Å². The van der Waals surface area contributed by atoms with Crippen molar-refractivity contribution in [2.75, 3.05) is 44.6 Å². The van der Waals surface area contributed by atoms with E-state index in [0.29, 0.717) is 45.9 Å². The van der Waals surface area contributed by atoms with Crippen LogP contribution in [0.3, 0.4) is 0 Å². The number of carbonyl (C=O) groups is 5. The molecule has 0 saturated carbocycles. The van der Waals surface area contributed by atoms with Gasteiger partial charge < -0.3 is 40.6 Å². The molecule has 1 aliphatic carbocycles. The zero-order valence-electron chi connectivity index (χ0n) is 32.9. The van der Waals surface area contributed by atoms with Gasteiger partial charge >= 0.3 is 12.2 Å². The van der Waals surface area contributed by atoms with Crippen molar-refractivity contribution in [1.82, 2.24) is 25.8 Å². The minimum Gasteiger partial charge on any atom is -0.448 e. The number of anilines is 1. The minimum atomic E-state index is -0.627. The molecule has 1 aromatic heterocycles. The van der Waals surface area contributed by atoms with Crippen LogP contribution in [0.15, 0.2) is 60.7 Å². The number of rotatable bonds is 12. The predicted octanol–water partition coefficient (Wildman–Crippen LogP) is 6.52. The third-order valence-corrected chi connectivity index (χ3v) is 9.83. The molecule has 1 aliphatic heterocycles. The second-order valence-electron chi connectivity index (χ2n) is 14.9. The van der Waals surface area contributed by atoms with E-state index in [-0.39, 0.29) is 62.0 Å². The van der Waals surface area contributed by atoms with Crippen molar-refractivity contribution in [2.24, 2.45) is 0 Å². The fourth-order valence-electron chi connectivity index (χ4n) is 7.11. The number of nitrogens with one attached hydrogen (secondary N) is 5. The van der Waals surface area contributed by atoms with Gasteiger partial charge in [0.2, 0.25) is 0 Å². The Labute approximate surface area is 330 Å². The monoisotopic (exact) mass is 778 g/mol. The molecule has 0 radical (unpaired) electrons. The van der Waals surface area contributed by atoms with Crippen molar-refractivity contribution in [1.29, 1.82) is 0 Å². The molecule has 0 spiro atoms. The number of aromatic amines is 1. The first kappa shape index (κ1) is 40.2. The van der Waals surface area contributed by atoms with Crippen LogP contribution in [0.2, 0.25) is 0 Å². The molecule has 1 unspecified atom stereocenters. The number of hydrogen-bond donors (Lipinski definition) is 5. The number of ether oxygens (including phenoxy) is 2. The van der Waals surface area contributed by atoms with E-state index in [1.165, 1.54) is 23.1 Å². The topological polar surface area (TPSA) is 171 Å². The molecule has 2 heterocycles. The molecule has 2 aliphatic rings. The summed E-state index contributed by atoms with van der Waals surface area (Å²) in [6.07, 6.45) is 0.505. The third kappa shape index (κ3) is 9.01. The maximum Gasteiger partial charge on any atom is 0.409 e. The first-order chi connectivity index (χ1) is 27.1. The second-order valence-corrected chi connectivity index (χ2v) is 14.9. The fourth-order valence-corrected chi connectivity index (χ4v) is 7.11. The standard InChI is InChI=1S/C43H47FN6O7/c1-7-50(19-18-46-40(53)37-24(2)36(48-25(37)3)22-33-32-21-27(44)13-15-35(32)49-39(33)52)42(55)56-23-34-29-11-9-8-10-28(29)30-14-12-26(20-31(30)34)38(51)45-16-17-47-41(54)57-43(4,5)6/h8-15,20-22,34,48H,7,16-19,23H2,1-6H3,(H,45,51)(H,46,53)(H,47,54)(H,49,52)/b33-22-. The second kappa shape index (κ2) is 16.7. The van der Waals surface area contributed by atoms with Gasteiger partial charge in [0.05, 0.1) is 11.1 Å². The number of H-pyrrole nitrogens is 1. The average molecular weight is 779 g/mol. The van der Waals surface area contributed by atoms with E-state index in [0.717, 1.165) is 22.3 Å². The summed E-state index contributed by atoms with van der Waals surface area (Å²) in [7, 11) is 0. The smallest absolute Gasteiger partial charge is 0.409 e. The summed E-state index contributed by atoms with van der Waals surface area (Å²) in [4.78, 5) is 69.1. The van der Waals surface area contributed by atoms with Crippen LogP contribution in [-0.4, -0.2) is 84.7 Å².